The Bertz CT molecular complexity index is 1540. The zero-order valence-electron chi connectivity index (χ0n) is 23.1. The molecule has 44 heavy (non-hydrogen) atoms. The second kappa shape index (κ2) is 13.2. The van der Waals surface area contributed by atoms with Gasteiger partial charge in [0.2, 0.25) is 5.78 Å². The lowest BCUT2D eigenvalue weighted by atomic mass is 9.71. The summed E-state index contributed by atoms with van der Waals surface area (Å²) in [7, 11) is 0. The van der Waals surface area contributed by atoms with Gasteiger partial charge in [0.15, 0.2) is 11.5 Å². The van der Waals surface area contributed by atoms with E-state index in [-0.39, 0.29) is 45.9 Å². The summed E-state index contributed by atoms with van der Waals surface area (Å²) in [6, 6.07) is 10.2. The Hall–Kier alpha value is -4.28. The number of aliphatic carboxylic acids is 1. The number of carboxylic acids is 1. The van der Waals surface area contributed by atoms with Crippen LogP contribution in [0.3, 0.4) is 0 Å². The number of ketones is 1. The lowest BCUT2D eigenvalue weighted by molar-refractivity contribution is -0.232. The van der Waals surface area contributed by atoms with Crippen molar-refractivity contribution in [1.82, 2.24) is 0 Å². The van der Waals surface area contributed by atoms with Crippen molar-refractivity contribution < 1.29 is 65.4 Å². The minimum absolute atomic E-state index is 0.0843. The highest BCUT2D eigenvalue weighted by molar-refractivity contribution is 6.16. The summed E-state index contributed by atoms with van der Waals surface area (Å²) in [5.74, 6) is -3.95. The fourth-order valence-electron chi connectivity index (χ4n) is 5.45. The molecule has 3 aromatic rings. The van der Waals surface area contributed by atoms with Crippen LogP contribution in [0.1, 0.15) is 44.1 Å². The molecule has 0 spiro atoms. The van der Waals surface area contributed by atoms with Crippen LogP contribution in [0.5, 0.6) is 23.0 Å². The second-order valence-electron chi connectivity index (χ2n) is 10.6. The zero-order chi connectivity index (χ0) is 32.5. The largest absolute Gasteiger partial charge is 0.507 e. The van der Waals surface area contributed by atoms with Crippen LogP contribution in [0.15, 0.2) is 48.5 Å². The lowest BCUT2D eigenvalue weighted by Crippen LogP contribution is -2.60. The van der Waals surface area contributed by atoms with Crippen LogP contribution < -0.4 is 5.73 Å². The monoisotopic (exact) mass is 615 g/mol. The molecule has 236 valence electrons. The molecule has 0 amide bonds. The summed E-state index contributed by atoms with van der Waals surface area (Å²) in [6.07, 6.45) is -7.11. The number of carbonyl (C=O) groups excluding carboxylic acids is 1. The Morgan fingerprint density at radius 1 is 0.795 bits per heavy atom. The first-order chi connectivity index (χ1) is 20.8. The van der Waals surface area contributed by atoms with Gasteiger partial charge < -0.3 is 61.5 Å². The van der Waals surface area contributed by atoms with Crippen LogP contribution in [-0.4, -0.2) is 106 Å². The van der Waals surface area contributed by atoms with Crippen molar-refractivity contribution in [2.24, 2.45) is 5.73 Å². The molecule has 12 N–H and O–H groups in total. The number of carboxylic acid groups (broad SMARTS) is 1. The van der Waals surface area contributed by atoms with E-state index >= 15 is 0 Å². The Balaban J connectivity index is 0.000000265. The van der Waals surface area contributed by atoms with Crippen molar-refractivity contribution in [1.29, 1.82) is 0 Å². The van der Waals surface area contributed by atoms with Crippen molar-refractivity contribution in [3.8, 4) is 23.0 Å². The minimum Gasteiger partial charge on any atom is -0.507 e. The van der Waals surface area contributed by atoms with E-state index in [4.69, 9.17) is 25.8 Å². The van der Waals surface area contributed by atoms with E-state index in [9.17, 15) is 45.3 Å². The maximum Gasteiger partial charge on any atom is 0.320 e. The van der Waals surface area contributed by atoms with Crippen LogP contribution in [0.25, 0.3) is 0 Å². The maximum absolute atomic E-state index is 13.1. The van der Waals surface area contributed by atoms with E-state index in [1.165, 1.54) is 42.5 Å². The molecule has 0 bridgehead atoms. The molecular formula is C30H33NO13. The summed E-state index contributed by atoms with van der Waals surface area (Å²) in [5.41, 5.74) is 6.47. The quantitative estimate of drug-likeness (QED) is 0.151. The number of aliphatic hydroxyl groups excluding tert-OH is 5. The number of benzene rings is 3. The van der Waals surface area contributed by atoms with Gasteiger partial charge in [0.05, 0.1) is 30.4 Å². The molecule has 5 rings (SSSR count). The first kappa shape index (κ1) is 32.6. The van der Waals surface area contributed by atoms with Gasteiger partial charge in [0, 0.05) is 5.92 Å². The van der Waals surface area contributed by atoms with Gasteiger partial charge in [-0.1, -0.05) is 24.3 Å². The highest BCUT2D eigenvalue weighted by atomic mass is 16.5. The van der Waals surface area contributed by atoms with Gasteiger partial charge in [-0.2, -0.15) is 0 Å². The Labute approximate surface area is 250 Å². The number of carbonyl (C=O) groups is 2. The van der Waals surface area contributed by atoms with Gasteiger partial charge in [-0.3, -0.25) is 9.59 Å². The fraction of sp³-hybridized carbons (Fsp3) is 0.333. The standard InChI is InChI=1S/C21H22O9.C9H11NO4/c22-6-8-4-10-14(21-20(29)19(28)17(26)13(7-23)30-21)9-2-1-3-11(24)15(9)18(27)16(10)12(25)5-8;10-6(9(13)14)3-5-1-2-7(11)8(12)4-5/h1-5,13-14,17,19-26,28-29H,6-7H2;1-2,4,6,11-12H,3,10H2,(H,13,14)/t13-,14-,17-,19+,20-,21+;/m1./s1. The van der Waals surface area contributed by atoms with E-state index < -0.39 is 73.2 Å². The van der Waals surface area contributed by atoms with Crippen LogP contribution in [0, 0.1) is 0 Å². The zero-order valence-corrected chi connectivity index (χ0v) is 23.1. The van der Waals surface area contributed by atoms with Crippen LogP contribution in [0.4, 0.5) is 0 Å². The first-order valence-electron chi connectivity index (χ1n) is 13.4. The Morgan fingerprint density at radius 2 is 1.45 bits per heavy atom. The summed E-state index contributed by atoms with van der Waals surface area (Å²) in [4.78, 5) is 23.5. The van der Waals surface area contributed by atoms with E-state index in [2.05, 4.69) is 0 Å². The third kappa shape index (κ3) is 6.18. The number of ether oxygens (including phenoxy) is 1. The third-order valence-corrected chi connectivity index (χ3v) is 7.66. The SMILES string of the molecule is NC(Cc1ccc(O)c(O)c1)C(=O)O.O=C1c2c(O)cccc2[C@@H]([C@@H]2O[C@H](CO)[C@@H](O)[C@H](O)[C@H]2O)c2cc(CO)cc(O)c21. The Kier molecular flexibility index (Phi) is 9.75. The molecule has 0 aromatic heterocycles. The molecule has 1 fully saturated rings. The minimum atomic E-state index is -1.64. The number of fused-ring (bicyclic) bond motifs is 2. The third-order valence-electron chi connectivity index (χ3n) is 7.66. The average molecular weight is 616 g/mol. The van der Waals surface area contributed by atoms with Crippen molar-refractivity contribution in [3.63, 3.8) is 0 Å². The topological polar surface area (TPSA) is 272 Å². The van der Waals surface area contributed by atoms with Crippen LogP contribution in [0.2, 0.25) is 0 Å². The van der Waals surface area contributed by atoms with E-state index in [1.54, 1.807) is 6.07 Å². The molecule has 1 saturated heterocycles. The maximum atomic E-state index is 13.1. The van der Waals surface area contributed by atoms with E-state index in [0.29, 0.717) is 11.1 Å². The number of aliphatic hydroxyl groups is 5. The van der Waals surface area contributed by atoms with Crippen LogP contribution in [-0.2, 0) is 22.6 Å². The number of hydrogen-bond acceptors (Lipinski definition) is 13. The summed E-state index contributed by atoms with van der Waals surface area (Å²) in [6.45, 7) is -1.06. The molecular weight excluding hydrogens is 582 g/mol. The van der Waals surface area contributed by atoms with Crippen LogP contribution >= 0.6 is 0 Å². The molecule has 0 radical (unpaired) electrons. The molecule has 0 saturated carbocycles. The molecule has 7 atom stereocenters. The molecule has 14 heteroatoms. The normalized spacial score (nSPS) is 24.8. The summed E-state index contributed by atoms with van der Waals surface area (Å²) in [5, 5.41) is 97.6. The predicted molar refractivity (Wildman–Crippen MR) is 150 cm³/mol. The van der Waals surface area contributed by atoms with Gasteiger partial charge >= 0.3 is 5.97 Å². The number of aromatic hydroxyl groups is 4. The van der Waals surface area contributed by atoms with Crippen molar-refractivity contribution in [3.05, 3.63) is 81.9 Å². The summed E-state index contributed by atoms with van der Waals surface area (Å²) < 4.78 is 5.73. The predicted octanol–water partition coefficient (Wildman–Crippen LogP) is -0.839. The van der Waals surface area contributed by atoms with Gasteiger partial charge in [-0.25, -0.2) is 0 Å². The summed E-state index contributed by atoms with van der Waals surface area (Å²) >= 11 is 0. The number of hydrogen-bond donors (Lipinski definition) is 11. The van der Waals surface area contributed by atoms with Crippen molar-refractivity contribution >= 4 is 11.8 Å². The Morgan fingerprint density at radius 3 is 2.07 bits per heavy atom. The van der Waals surface area contributed by atoms with Gasteiger partial charge in [-0.15, -0.1) is 0 Å². The molecule has 1 aliphatic carbocycles. The van der Waals surface area contributed by atoms with E-state index in [1.807, 2.05) is 0 Å². The van der Waals surface area contributed by atoms with Gasteiger partial charge in [-0.05, 0) is 52.9 Å². The highest BCUT2D eigenvalue weighted by Gasteiger charge is 2.50. The highest BCUT2D eigenvalue weighted by Crippen LogP contribution is 2.47. The number of rotatable bonds is 6. The average Bonchev–Trinajstić information content (AvgIpc) is 2.98. The van der Waals surface area contributed by atoms with Gasteiger partial charge in [0.25, 0.3) is 0 Å². The number of phenols is 4. The lowest BCUT2D eigenvalue weighted by Gasteiger charge is -2.45. The molecule has 3 aromatic carbocycles. The van der Waals surface area contributed by atoms with Gasteiger partial charge in [0.1, 0.15) is 42.0 Å². The van der Waals surface area contributed by atoms with E-state index in [0.717, 1.165) is 0 Å². The number of phenolic OH excluding ortho intramolecular Hbond substituents is 4. The smallest absolute Gasteiger partial charge is 0.320 e. The first-order valence-corrected chi connectivity index (χ1v) is 13.4. The second-order valence-corrected chi connectivity index (χ2v) is 10.6. The fourth-order valence-corrected chi connectivity index (χ4v) is 5.45. The molecule has 1 heterocycles. The molecule has 1 aliphatic heterocycles. The molecule has 1 unspecified atom stereocenters. The molecule has 14 nitrogen and oxygen atoms in total. The molecule has 2 aliphatic rings. The van der Waals surface area contributed by atoms with Crippen molar-refractivity contribution in [2.75, 3.05) is 6.61 Å². The van der Waals surface area contributed by atoms with Crippen molar-refractivity contribution in [2.45, 2.75) is 55.5 Å². The number of nitrogens with two attached hydrogens (primary N) is 1.